The number of anilines is 2. The van der Waals surface area contributed by atoms with E-state index in [1.807, 2.05) is 25.2 Å². The van der Waals surface area contributed by atoms with E-state index in [1.165, 1.54) is 19.3 Å². The molecule has 1 aromatic carbocycles. The van der Waals surface area contributed by atoms with Gasteiger partial charge in [-0.25, -0.2) is 0 Å². The van der Waals surface area contributed by atoms with Crippen molar-refractivity contribution in [2.75, 3.05) is 36.9 Å². The molecule has 5 heteroatoms. The van der Waals surface area contributed by atoms with E-state index in [0.29, 0.717) is 18.0 Å². The van der Waals surface area contributed by atoms with Crippen LogP contribution in [0.2, 0.25) is 5.02 Å². The Morgan fingerprint density at radius 3 is 2.75 bits per heavy atom. The molecule has 0 aromatic heterocycles. The van der Waals surface area contributed by atoms with Crippen LogP contribution < -0.4 is 15.5 Å². The summed E-state index contributed by atoms with van der Waals surface area (Å²) in [5, 5.41) is 6.60. The molecule has 2 rings (SSSR count). The molecule has 1 aliphatic heterocycles. The minimum atomic E-state index is 0.0138. The Kier molecular flexibility index (Phi) is 5.68. The second-order valence-corrected chi connectivity index (χ2v) is 5.55. The molecule has 20 heavy (non-hydrogen) atoms. The fourth-order valence-electron chi connectivity index (χ4n) is 2.47. The summed E-state index contributed by atoms with van der Waals surface area (Å²) in [5.41, 5.74) is 1.90. The maximum absolute atomic E-state index is 11.9. The van der Waals surface area contributed by atoms with Gasteiger partial charge in [-0.3, -0.25) is 4.79 Å². The van der Waals surface area contributed by atoms with E-state index < -0.39 is 0 Å². The zero-order valence-electron chi connectivity index (χ0n) is 11.9. The maximum Gasteiger partial charge on any atom is 0.225 e. The monoisotopic (exact) mass is 295 g/mol. The molecule has 1 saturated heterocycles. The van der Waals surface area contributed by atoms with Crippen LogP contribution >= 0.6 is 11.6 Å². The lowest BCUT2D eigenvalue weighted by Gasteiger charge is -2.30. The topological polar surface area (TPSA) is 44.4 Å². The zero-order valence-corrected chi connectivity index (χ0v) is 12.7. The number of rotatable bonds is 5. The van der Waals surface area contributed by atoms with E-state index in [1.54, 1.807) is 0 Å². The molecule has 0 aliphatic carbocycles. The molecule has 1 heterocycles. The van der Waals surface area contributed by atoms with Crippen LogP contribution in [0.5, 0.6) is 0 Å². The van der Waals surface area contributed by atoms with Gasteiger partial charge in [0.1, 0.15) is 0 Å². The summed E-state index contributed by atoms with van der Waals surface area (Å²) in [5.74, 6) is 0.0138. The van der Waals surface area contributed by atoms with Crippen LogP contribution in [0.25, 0.3) is 0 Å². The average Bonchev–Trinajstić information content (AvgIpc) is 2.46. The molecule has 0 atom stereocenters. The normalized spacial score (nSPS) is 15.2. The fourth-order valence-corrected chi connectivity index (χ4v) is 2.64. The first-order chi connectivity index (χ1) is 9.70. The summed E-state index contributed by atoms with van der Waals surface area (Å²) in [7, 11) is 1.84. The Morgan fingerprint density at radius 1 is 1.30 bits per heavy atom. The lowest BCUT2D eigenvalue weighted by atomic mass is 10.1. The molecule has 0 bridgehead atoms. The predicted octanol–water partition coefficient (Wildman–Crippen LogP) is 2.88. The SMILES string of the molecule is CNCCC(=O)Nc1cc(Cl)ccc1N1CCCCC1. The third kappa shape index (κ3) is 4.12. The Bertz CT molecular complexity index is 458. The number of halogens is 1. The number of carbonyl (C=O) groups excluding carboxylic acids is 1. The van der Waals surface area contributed by atoms with Gasteiger partial charge >= 0.3 is 0 Å². The van der Waals surface area contributed by atoms with Gasteiger partial charge in [-0.05, 0) is 44.5 Å². The van der Waals surface area contributed by atoms with Crippen molar-refractivity contribution in [3.05, 3.63) is 23.2 Å². The third-order valence-corrected chi connectivity index (χ3v) is 3.77. The van der Waals surface area contributed by atoms with E-state index in [9.17, 15) is 4.79 Å². The third-order valence-electron chi connectivity index (χ3n) is 3.53. The Morgan fingerprint density at radius 2 is 2.05 bits per heavy atom. The summed E-state index contributed by atoms with van der Waals surface area (Å²) in [6, 6.07) is 5.72. The predicted molar refractivity (Wildman–Crippen MR) is 84.7 cm³/mol. The number of nitrogens with zero attached hydrogens (tertiary/aromatic N) is 1. The molecule has 1 aromatic rings. The van der Waals surface area contributed by atoms with E-state index in [2.05, 4.69) is 15.5 Å². The van der Waals surface area contributed by atoms with Gasteiger partial charge in [-0.15, -0.1) is 0 Å². The number of benzene rings is 1. The van der Waals surface area contributed by atoms with Crippen LogP contribution in [0.4, 0.5) is 11.4 Å². The second kappa shape index (κ2) is 7.50. The lowest BCUT2D eigenvalue weighted by Crippen LogP contribution is -2.30. The molecular weight excluding hydrogens is 274 g/mol. The van der Waals surface area contributed by atoms with Gasteiger partial charge in [-0.1, -0.05) is 11.6 Å². The molecule has 110 valence electrons. The van der Waals surface area contributed by atoms with Crippen molar-refractivity contribution in [2.45, 2.75) is 25.7 Å². The lowest BCUT2D eigenvalue weighted by molar-refractivity contribution is -0.116. The maximum atomic E-state index is 11.9. The number of hydrogen-bond acceptors (Lipinski definition) is 3. The van der Waals surface area contributed by atoms with Crippen LogP contribution in [0, 0.1) is 0 Å². The molecule has 0 spiro atoms. The van der Waals surface area contributed by atoms with Gasteiger partial charge in [0.2, 0.25) is 5.91 Å². The van der Waals surface area contributed by atoms with E-state index in [-0.39, 0.29) is 5.91 Å². The summed E-state index contributed by atoms with van der Waals surface area (Å²) < 4.78 is 0. The fraction of sp³-hybridized carbons (Fsp3) is 0.533. The van der Waals surface area contributed by atoms with E-state index in [0.717, 1.165) is 24.5 Å². The number of nitrogens with one attached hydrogen (secondary N) is 2. The zero-order chi connectivity index (χ0) is 14.4. The molecule has 2 N–H and O–H groups in total. The minimum Gasteiger partial charge on any atom is -0.370 e. The highest BCUT2D eigenvalue weighted by molar-refractivity contribution is 6.31. The first kappa shape index (κ1) is 15.1. The first-order valence-electron chi connectivity index (χ1n) is 7.19. The van der Waals surface area contributed by atoms with Crippen LogP contribution in [-0.4, -0.2) is 32.6 Å². The largest absolute Gasteiger partial charge is 0.370 e. The van der Waals surface area contributed by atoms with Crippen molar-refractivity contribution in [2.24, 2.45) is 0 Å². The Hall–Kier alpha value is -1.26. The number of piperidine rings is 1. The van der Waals surface area contributed by atoms with E-state index >= 15 is 0 Å². The molecule has 0 radical (unpaired) electrons. The summed E-state index contributed by atoms with van der Waals surface area (Å²) in [6.07, 6.45) is 4.15. The molecule has 4 nitrogen and oxygen atoms in total. The molecule has 1 aliphatic rings. The van der Waals surface area contributed by atoms with Gasteiger partial charge in [0, 0.05) is 31.1 Å². The number of hydrogen-bond donors (Lipinski definition) is 2. The van der Waals surface area contributed by atoms with Crippen LogP contribution in [0.1, 0.15) is 25.7 Å². The Labute approximate surface area is 125 Å². The van der Waals surface area contributed by atoms with Crippen LogP contribution in [0.15, 0.2) is 18.2 Å². The highest BCUT2D eigenvalue weighted by atomic mass is 35.5. The summed E-state index contributed by atoms with van der Waals surface area (Å²) in [4.78, 5) is 14.2. The molecule has 1 amide bonds. The standard InChI is InChI=1S/C15H22ClN3O/c1-17-8-7-15(20)18-13-11-12(16)5-6-14(13)19-9-3-2-4-10-19/h5-6,11,17H,2-4,7-10H2,1H3,(H,18,20). The quantitative estimate of drug-likeness (QED) is 0.878. The molecule has 0 saturated carbocycles. The van der Waals surface area contributed by atoms with Gasteiger partial charge in [0.25, 0.3) is 0 Å². The molecule has 0 unspecified atom stereocenters. The second-order valence-electron chi connectivity index (χ2n) is 5.11. The number of amides is 1. The van der Waals surface area contributed by atoms with E-state index in [4.69, 9.17) is 11.6 Å². The average molecular weight is 296 g/mol. The minimum absolute atomic E-state index is 0.0138. The van der Waals surface area contributed by atoms with Gasteiger partial charge < -0.3 is 15.5 Å². The molecular formula is C15H22ClN3O. The number of carbonyl (C=O) groups is 1. The van der Waals surface area contributed by atoms with Crippen molar-refractivity contribution in [1.82, 2.24) is 5.32 Å². The van der Waals surface area contributed by atoms with Crippen molar-refractivity contribution < 1.29 is 4.79 Å². The first-order valence-corrected chi connectivity index (χ1v) is 7.57. The van der Waals surface area contributed by atoms with Crippen molar-refractivity contribution in [3.8, 4) is 0 Å². The van der Waals surface area contributed by atoms with Crippen molar-refractivity contribution in [3.63, 3.8) is 0 Å². The highest BCUT2D eigenvalue weighted by Gasteiger charge is 2.16. The highest BCUT2D eigenvalue weighted by Crippen LogP contribution is 2.31. The smallest absolute Gasteiger partial charge is 0.225 e. The van der Waals surface area contributed by atoms with Gasteiger partial charge in [-0.2, -0.15) is 0 Å². The Balaban J connectivity index is 2.12. The van der Waals surface area contributed by atoms with Crippen molar-refractivity contribution >= 4 is 28.9 Å². The summed E-state index contributed by atoms with van der Waals surface area (Å²) >= 11 is 6.06. The van der Waals surface area contributed by atoms with Crippen LogP contribution in [0.3, 0.4) is 0 Å². The molecule has 1 fully saturated rings. The van der Waals surface area contributed by atoms with Crippen LogP contribution in [-0.2, 0) is 4.79 Å². The van der Waals surface area contributed by atoms with Crippen molar-refractivity contribution in [1.29, 1.82) is 0 Å². The summed E-state index contributed by atoms with van der Waals surface area (Å²) in [6.45, 7) is 2.76. The van der Waals surface area contributed by atoms with Gasteiger partial charge in [0.05, 0.1) is 11.4 Å². The van der Waals surface area contributed by atoms with Gasteiger partial charge in [0.15, 0.2) is 0 Å².